The van der Waals surface area contributed by atoms with Crippen molar-refractivity contribution >= 4 is 17.4 Å². The average Bonchev–Trinajstić information content (AvgIpc) is 2.71. The molecule has 1 heterocycles. The van der Waals surface area contributed by atoms with Gasteiger partial charge in [-0.2, -0.15) is 0 Å². The minimum Gasteiger partial charge on any atom is -0.468 e. The highest BCUT2D eigenvalue weighted by Gasteiger charge is 1.97. The molecule has 2 nitrogen and oxygen atoms in total. The van der Waals surface area contributed by atoms with Crippen LogP contribution in [0.5, 0.6) is 0 Å². The van der Waals surface area contributed by atoms with Crippen LogP contribution >= 0.6 is 11.8 Å². The molecule has 78 valence electrons. The van der Waals surface area contributed by atoms with E-state index in [4.69, 9.17) is 10.2 Å². The average molecular weight is 219 g/mol. The maximum absolute atomic E-state index is 5.70. The molecule has 0 fully saturated rings. The van der Waals surface area contributed by atoms with Crippen molar-refractivity contribution in [1.82, 2.24) is 0 Å². The summed E-state index contributed by atoms with van der Waals surface area (Å²) in [5.74, 6) is 2.89. The lowest BCUT2D eigenvalue weighted by atomic mass is 10.2. The van der Waals surface area contributed by atoms with Crippen LogP contribution in [0.2, 0.25) is 0 Å². The monoisotopic (exact) mass is 219 g/mol. The van der Waals surface area contributed by atoms with Crippen LogP contribution in [0.25, 0.3) is 0 Å². The first-order valence-electron chi connectivity index (χ1n) is 4.79. The maximum atomic E-state index is 5.70. The first-order valence-corrected chi connectivity index (χ1v) is 5.94. The molecule has 0 aliphatic rings. The number of rotatable bonds is 4. The van der Waals surface area contributed by atoms with Gasteiger partial charge < -0.3 is 10.2 Å². The van der Waals surface area contributed by atoms with Crippen LogP contribution in [0.15, 0.2) is 47.1 Å². The molecule has 15 heavy (non-hydrogen) atoms. The van der Waals surface area contributed by atoms with E-state index in [0.29, 0.717) is 0 Å². The number of anilines is 1. The lowest BCUT2D eigenvalue weighted by Gasteiger charge is -2.01. The van der Waals surface area contributed by atoms with Crippen molar-refractivity contribution in [3.63, 3.8) is 0 Å². The molecule has 0 atom stereocenters. The van der Waals surface area contributed by atoms with Crippen molar-refractivity contribution in [2.75, 3.05) is 5.73 Å². The summed E-state index contributed by atoms with van der Waals surface area (Å²) in [7, 11) is 0. The van der Waals surface area contributed by atoms with Gasteiger partial charge in [-0.3, -0.25) is 0 Å². The second kappa shape index (κ2) is 4.94. The van der Waals surface area contributed by atoms with Crippen molar-refractivity contribution in [3.05, 3.63) is 54.0 Å². The first-order chi connectivity index (χ1) is 7.34. The largest absolute Gasteiger partial charge is 0.468 e. The molecule has 0 saturated heterocycles. The Morgan fingerprint density at radius 2 is 2.07 bits per heavy atom. The van der Waals surface area contributed by atoms with E-state index >= 15 is 0 Å². The van der Waals surface area contributed by atoms with Gasteiger partial charge in [0.2, 0.25) is 0 Å². The molecule has 0 spiro atoms. The fourth-order valence-electron chi connectivity index (χ4n) is 1.35. The van der Waals surface area contributed by atoms with E-state index < -0.39 is 0 Å². The van der Waals surface area contributed by atoms with Crippen molar-refractivity contribution in [1.29, 1.82) is 0 Å². The lowest BCUT2D eigenvalue weighted by molar-refractivity contribution is 0.530. The van der Waals surface area contributed by atoms with Gasteiger partial charge in [-0.15, -0.1) is 11.8 Å². The third kappa shape index (κ3) is 3.06. The van der Waals surface area contributed by atoms with Crippen molar-refractivity contribution in [2.45, 2.75) is 11.5 Å². The number of furan rings is 1. The Hall–Kier alpha value is -1.35. The summed E-state index contributed by atoms with van der Waals surface area (Å²) in [6.45, 7) is 0. The van der Waals surface area contributed by atoms with Crippen LogP contribution in [0, 0.1) is 0 Å². The molecule has 2 N–H and O–H groups in total. The zero-order valence-electron chi connectivity index (χ0n) is 8.35. The Kier molecular flexibility index (Phi) is 3.35. The zero-order chi connectivity index (χ0) is 10.5. The van der Waals surface area contributed by atoms with Gasteiger partial charge in [0.15, 0.2) is 0 Å². The van der Waals surface area contributed by atoms with E-state index in [-0.39, 0.29) is 0 Å². The first kappa shape index (κ1) is 10.2. The number of nitrogens with two attached hydrogens (primary N) is 1. The number of hydrogen-bond acceptors (Lipinski definition) is 3. The Bertz CT molecular complexity index is 411. The normalized spacial score (nSPS) is 10.4. The van der Waals surface area contributed by atoms with Gasteiger partial charge >= 0.3 is 0 Å². The third-order valence-corrected chi connectivity index (χ3v) is 3.07. The molecule has 1 aromatic carbocycles. The Morgan fingerprint density at radius 1 is 1.13 bits per heavy atom. The summed E-state index contributed by atoms with van der Waals surface area (Å²) < 4.78 is 5.25. The van der Waals surface area contributed by atoms with Crippen LogP contribution in [0.3, 0.4) is 0 Å². The van der Waals surface area contributed by atoms with Gasteiger partial charge in [0.25, 0.3) is 0 Å². The second-order valence-corrected chi connectivity index (χ2v) is 4.30. The molecule has 0 saturated carbocycles. The SMILES string of the molecule is Nc1cccc(CSCc2ccco2)c1. The lowest BCUT2D eigenvalue weighted by Crippen LogP contribution is -1.87. The van der Waals surface area contributed by atoms with E-state index in [1.165, 1.54) is 5.56 Å². The van der Waals surface area contributed by atoms with Gasteiger partial charge in [-0.05, 0) is 29.8 Å². The zero-order valence-corrected chi connectivity index (χ0v) is 9.17. The van der Waals surface area contributed by atoms with Crippen molar-refractivity contribution < 1.29 is 4.42 Å². The van der Waals surface area contributed by atoms with Crippen LogP contribution in [-0.4, -0.2) is 0 Å². The Balaban J connectivity index is 1.83. The predicted molar refractivity (Wildman–Crippen MR) is 64.6 cm³/mol. The summed E-state index contributed by atoms with van der Waals surface area (Å²) >= 11 is 1.82. The molecule has 0 aliphatic carbocycles. The minimum atomic E-state index is 0.825. The molecule has 1 aromatic heterocycles. The van der Waals surface area contributed by atoms with Gasteiger partial charge in [-0.25, -0.2) is 0 Å². The number of nitrogen functional groups attached to an aromatic ring is 1. The van der Waals surface area contributed by atoms with E-state index in [1.54, 1.807) is 6.26 Å². The maximum Gasteiger partial charge on any atom is 0.113 e. The van der Waals surface area contributed by atoms with Crippen molar-refractivity contribution in [2.24, 2.45) is 0 Å². The molecule has 0 bridgehead atoms. The standard InChI is InChI=1S/C12H13NOS/c13-11-4-1-3-10(7-11)8-15-9-12-5-2-6-14-12/h1-7H,8-9,13H2. The minimum absolute atomic E-state index is 0.825. The van der Waals surface area contributed by atoms with Gasteiger partial charge in [0.05, 0.1) is 12.0 Å². The van der Waals surface area contributed by atoms with Gasteiger partial charge in [0.1, 0.15) is 5.76 Å². The van der Waals surface area contributed by atoms with E-state index in [2.05, 4.69) is 6.07 Å². The Labute approximate surface area is 93.5 Å². The van der Waals surface area contributed by atoms with Gasteiger partial charge in [0, 0.05) is 11.4 Å². The Morgan fingerprint density at radius 3 is 2.80 bits per heavy atom. The van der Waals surface area contributed by atoms with Crippen LogP contribution < -0.4 is 5.73 Å². The summed E-state index contributed by atoms with van der Waals surface area (Å²) in [4.78, 5) is 0. The van der Waals surface area contributed by atoms with Crippen molar-refractivity contribution in [3.8, 4) is 0 Å². The third-order valence-electron chi connectivity index (χ3n) is 2.04. The van der Waals surface area contributed by atoms with Crippen LogP contribution in [0.1, 0.15) is 11.3 Å². The molecule has 2 aromatic rings. The molecule has 0 unspecified atom stereocenters. The molecule has 0 amide bonds. The number of benzene rings is 1. The fourth-order valence-corrected chi connectivity index (χ4v) is 2.23. The van der Waals surface area contributed by atoms with Gasteiger partial charge in [-0.1, -0.05) is 12.1 Å². The molecule has 2 rings (SSSR count). The summed E-state index contributed by atoms with van der Waals surface area (Å²) in [5, 5.41) is 0. The fraction of sp³-hybridized carbons (Fsp3) is 0.167. The number of hydrogen-bond donors (Lipinski definition) is 1. The summed E-state index contributed by atoms with van der Waals surface area (Å²) in [5.41, 5.74) is 7.78. The van der Waals surface area contributed by atoms with Crippen LogP contribution in [-0.2, 0) is 11.5 Å². The highest BCUT2D eigenvalue weighted by molar-refractivity contribution is 7.97. The predicted octanol–water partition coefficient (Wildman–Crippen LogP) is 3.30. The molecule has 3 heteroatoms. The topological polar surface area (TPSA) is 39.2 Å². The number of thioether (sulfide) groups is 1. The highest BCUT2D eigenvalue weighted by Crippen LogP contribution is 2.19. The van der Waals surface area contributed by atoms with Crippen LogP contribution in [0.4, 0.5) is 5.69 Å². The smallest absolute Gasteiger partial charge is 0.113 e. The molecular formula is C12H13NOS. The summed E-state index contributed by atoms with van der Waals surface area (Å²) in [6, 6.07) is 11.9. The summed E-state index contributed by atoms with van der Waals surface area (Å²) in [6.07, 6.45) is 1.70. The molecular weight excluding hydrogens is 206 g/mol. The van der Waals surface area contributed by atoms with E-state index in [1.807, 2.05) is 42.1 Å². The van der Waals surface area contributed by atoms with E-state index in [9.17, 15) is 0 Å². The quantitative estimate of drug-likeness (QED) is 0.802. The molecule has 0 aliphatic heterocycles. The van der Waals surface area contributed by atoms with E-state index in [0.717, 1.165) is 23.0 Å². The second-order valence-electron chi connectivity index (χ2n) is 3.32. The molecule has 0 radical (unpaired) electrons. The highest BCUT2D eigenvalue weighted by atomic mass is 32.2.